The van der Waals surface area contributed by atoms with Crippen LogP contribution < -0.4 is 11.1 Å². The van der Waals surface area contributed by atoms with Crippen LogP contribution in [0.1, 0.15) is 57.9 Å². The number of hydrogen-bond donors (Lipinski definition) is 2. The third-order valence-corrected chi connectivity index (χ3v) is 3.49. The van der Waals surface area contributed by atoms with Crippen LogP contribution in [0.3, 0.4) is 0 Å². The first-order valence-corrected chi connectivity index (χ1v) is 7.75. The molecule has 0 aliphatic rings. The van der Waals surface area contributed by atoms with Crippen LogP contribution in [0.25, 0.3) is 0 Å². The summed E-state index contributed by atoms with van der Waals surface area (Å²) in [6, 6.07) is 8.44. The second-order valence-corrected chi connectivity index (χ2v) is 5.59. The van der Waals surface area contributed by atoms with E-state index in [9.17, 15) is 4.79 Å². The molecule has 1 amide bonds. The third kappa shape index (κ3) is 7.17. The normalized spacial score (nSPS) is 12.1. The highest BCUT2D eigenvalue weighted by Crippen LogP contribution is 2.14. The van der Waals surface area contributed by atoms with Crippen molar-refractivity contribution in [3.05, 3.63) is 29.8 Å². The van der Waals surface area contributed by atoms with Crippen molar-refractivity contribution in [2.24, 2.45) is 5.73 Å². The Morgan fingerprint density at radius 2 is 1.80 bits per heavy atom. The Morgan fingerprint density at radius 3 is 2.40 bits per heavy atom. The van der Waals surface area contributed by atoms with E-state index in [1.54, 1.807) is 0 Å². The van der Waals surface area contributed by atoms with Crippen LogP contribution in [-0.2, 0) is 11.2 Å². The molecule has 0 aromatic heterocycles. The Kier molecular flexibility index (Phi) is 7.78. The van der Waals surface area contributed by atoms with E-state index in [4.69, 9.17) is 5.73 Å². The molecule has 1 unspecified atom stereocenters. The van der Waals surface area contributed by atoms with E-state index in [0.29, 0.717) is 12.5 Å². The van der Waals surface area contributed by atoms with Gasteiger partial charge in [-0.1, -0.05) is 51.2 Å². The number of nitrogens with one attached hydrogen (secondary N) is 1. The maximum atomic E-state index is 10.8. The Bertz CT molecular complexity index is 386. The minimum absolute atomic E-state index is 0.286. The monoisotopic (exact) mass is 276 g/mol. The average Bonchev–Trinajstić information content (AvgIpc) is 2.40. The minimum Gasteiger partial charge on any atom is -0.383 e. The fourth-order valence-electron chi connectivity index (χ4n) is 2.33. The summed E-state index contributed by atoms with van der Waals surface area (Å²) >= 11 is 0. The van der Waals surface area contributed by atoms with Crippen molar-refractivity contribution < 1.29 is 4.79 Å². The molecule has 112 valence electrons. The predicted molar refractivity (Wildman–Crippen MR) is 85.8 cm³/mol. The smallest absolute Gasteiger partial charge is 0.221 e. The van der Waals surface area contributed by atoms with Crippen LogP contribution in [-0.4, -0.2) is 11.9 Å². The zero-order chi connectivity index (χ0) is 14.8. The molecular formula is C17H28N2O. The van der Waals surface area contributed by atoms with Gasteiger partial charge in [0, 0.05) is 11.7 Å². The highest BCUT2D eigenvalue weighted by atomic mass is 16.1. The molecule has 1 rings (SSSR count). The van der Waals surface area contributed by atoms with Gasteiger partial charge in [0.05, 0.1) is 6.42 Å². The second-order valence-electron chi connectivity index (χ2n) is 5.59. The van der Waals surface area contributed by atoms with E-state index in [2.05, 4.69) is 19.2 Å². The number of primary amides is 1. The lowest BCUT2D eigenvalue weighted by Gasteiger charge is -2.15. The molecule has 0 aliphatic heterocycles. The maximum Gasteiger partial charge on any atom is 0.221 e. The van der Waals surface area contributed by atoms with Crippen molar-refractivity contribution in [2.75, 3.05) is 5.32 Å². The summed E-state index contributed by atoms with van der Waals surface area (Å²) < 4.78 is 0. The fourth-order valence-corrected chi connectivity index (χ4v) is 2.33. The van der Waals surface area contributed by atoms with Crippen LogP contribution >= 0.6 is 0 Å². The Morgan fingerprint density at radius 1 is 1.15 bits per heavy atom. The van der Waals surface area contributed by atoms with Crippen LogP contribution in [0.2, 0.25) is 0 Å². The van der Waals surface area contributed by atoms with E-state index in [1.165, 1.54) is 38.5 Å². The maximum absolute atomic E-state index is 10.8. The minimum atomic E-state index is -0.286. The lowest BCUT2D eigenvalue weighted by Crippen LogP contribution is -2.15. The van der Waals surface area contributed by atoms with Gasteiger partial charge in [0.25, 0.3) is 0 Å². The quantitative estimate of drug-likeness (QED) is 0.637. The summed E-state index contributed by atoms with van der Waals surface area (Å²) in [6.45, 7) is 4.46. The van der Waals surface area contributed by atoms with Crippen LogP contribution in [0.4, 0.5) is 5.69 Å². The van der Waals surface area contributed by atoms with Gasteiger partial charge in [-0.25, -0.2) is 0 Å². The number of rotatable bonds is 10. The molecule has 3 N–H and O–H groups in total. The van der Waals surface area contributed by atoms with Gasteiger partial charge >= 0.3 is 0 Å². The zero-order valence-electron chi connectivity index (χ0n) is 12.8. The second kappa shape index (κ2) is 9.40. The Labute approximate surface area is 122 Å². The van der Waals surface area contributed by atoms with Crippen LogP contribution in [0.15, 0.2) is 24.3 Å². The molecule has 1 aromatic carbocycles. The summed E-state index contributed by atoms with van der Waals surface area (Å²) in [6.07, 6.45) is 8.13. The Balaban J connectivity index is 2.27. The number of anilines is 1. The number of amides is 1. The lowest BCUT2D eigenvalue weighted by atomic mass is 10.1. The van der Waals surface area contributed by atoms with Crippen molar-refractivity contribution in [1.82, 2.24) is 0 Å². The van der Waals surface area contributed by atoms with Gasteiger partial charge in [-0.2, -0.15) is 0 Å². The van der Waals surface area contributed by atoms with E-state index in [-0.39, 0.29) is 5.91 Å². The largest absolute Gasteiger partial charge is 0.383 e. The van der Waals surface area contributed by atoms with E-state index in [0.717, 1.165) is 11.3 Å². The SMILES string of the molecule is CCCCCCCC(C)Nc1ccc(CC(N)=O)cc1. The number of hydrogen-bond acceptors (Lipinski definition) is 2. The van der Waals surface area contributed by atoms with Crippen LogP contribution in [0.5, 0.6) is 0 Å². The first-order valence-electron chi connectivity index (χ1n) is 7.75. The summed E-state index contributed by atoms with van der Waals surface area (Å²) in [5.41, 5.74) is 7.26. The lowest BCUT2D eigenvalue weighted by molar-refractivity contribution is -0.117. The predicted octanol–water partition coefficient (Wildman–Crippen LogP) is 3.88. The summed E-state index contributed by atoms with van der Waals surface area (Å²) in [5, 5.41) is 3.50. The van der Waals surface area contributed by atoms with Crippen molar-refractivity contribution in [1.29, 1.82) is 0 Å². The molecule has 3 nitrogen and oxygen atoms in total. The van der Waals surface area contributed by atoms with Gasteiger partial charge in [0.1, 0.15) is 0 Å². The molecule has 0 saturated carbocycles. The molecule has 0 radical (unpaired) electrons. The van der Waals surface area contributed by atoms with Gasteiger partial charge in [0.15, 0.2) is 0 Å². The Hall–Kier alpha value is -1.51. The van der Waals surface area contributed by atoms with Crippen molar-refractivity contribution >= 4 is 11.6 Å². The topological polar surface area (TPSA) is 55.1 Å². The summed E-state index contributed by atoms with van der Waals surface area (Å²) in [4.78, 5) is 10.8. The number of nitrogens with two attached hydrogens (primary N) is 1. The first-order chi connectivity index (χ1) is 9.61. The fraction of sp³-hybridized carbons (Fsp3) is 0.588. The molecule has 1 atom stereocenters. The van der Waals surface area contributed by atoms with Gasteiger partial charge in [0.2, 0.25) is 5.91 Å². The molecule has 0 heterocycles. The van der Waals surface area contributed by atoms with Gasteiger partial charge in [-0.15, -0.1) is 0 Å². The molecule has 3 heteroatoms. The number of benzene rings is 1. The van der Waals surface area contributed by atoms with Crippen molar-refractivity contribution in [2.45, 2.75) is 64.8 Å². The highest BCUT2D eigenvalue weighted by molar-refractivity contribution is 5.76. The molecule has 0 fully saturated rings. The van der Waals surface area contributed by atoms with E-state index < -0.39 is 0 Å². The zero-order valence-corrected chi connectivity index (χ0v) is 12.8. The standard InChI is InChI=1S/C17H28N2O/c1-3-4-5-6-7-8-14(2)19-16-11-9-15(10-12-16)13-17(18)20/h9-12,14,19H,3-8,13H2,1-2H3,(H2,18,20). The van der Waals surface area contributed by atoms with Crippen LogP contribution in [0, 0.1) is 0 Å². The highest BCUT2D eigenvalue weighted by Gasteiger charge is 2.03. The van der Waals surface area contributed by atoms with Gasteiger partial charge < -0.3 is 11.1 Å². The van der Waals surface area contributed by atoms with Gasteiger partial charge in [-0.05, 0) is 31.0 Å². The molecular weight excluding hydrogens is 248 g/mol. The number of unbranched alkanes of at least 4 members (excludes halogenated alkanes) is 4. The van der Waals surface area contributed by atoms with E-state index >= 15 is 0 Å². The molecule has 1 aromatic rings. The summed E-state index contributed by atoms with van der Waals surface area (Å²) in [7, 11) is 0. The van der Waals surface area contributed by atoms with Crippen molar-refractivity contribution in [3.63, 3.8) is 0 Å². The molecule has 0 bridgehead atoms. The number of carbonyl (C=O) groups excluding carboxylic acids is 1. The molecule has 20 heavy (non-hydrogen) atoms. The summed E-state index contributed by atoms with van der Waals surface area (Å²) in [5.74, 6) is -0.286. The van der Waals surface area contributed by atoms with Gasteiger partial charge in [-0.3, -0.25) is 4.79 Å². The average molecular weight is 276 g/mol. The number of carbonyl (C=O) groups is 1. The molecule has 0 saturated heterocycles. The molecule has 0 spiro atoms. The first kappa shape index (κ1) is 16.5. The van der Waals surface area contributed by atoms with E-state index in [1.807, 2.05) is 24.3 Å². The third-order valence-electron chi connectivity index (χ3n) is 3.49. The molecule has 0 aliphatic carbocycles. The van der Waals surface area contributed by atoms with Crippen molar-refractivity contribution in [3.8, 4) is 0 Å².